The molecule has 0 atom stereocenters. The molecule has 5 nitrogen and oxygen atoms in total. The summed E-state index contributed by atoms with van der Waals surface area (Å²) < 4.78 is 30.8. The maximum atomic E-state index is 12.4. The molecule has 1 heterocycles. The molecule has 1 aromatic carbocycles. The van der Waals surface area contributed by atoms with Gasteiger partial charge in [-0.25, -0.2) is 0 Å². The molecular weight excluding hydrogens is 280 g/mol. The predicted molar refractivity (Wildman–Crippen MR) is 72.1 cm³/mol. The minimum absolute atomic E-state index is 0.0995. The Hall–Kier alpha value is -2.44. The summed E-state index contributed by atoms with van der Waals surface area (Å²) >= 11 is 0. The average molecular weight is 295 g/mol. The summed E-state index contributed by atoms with van der Waals surface area (Å²) in [4.78, 5) is 13.8. The van der Waals surface area contributed by atoms with E-state index in [9.17, 15) is 13.6 Å². The zero-order chi connectivity index (χ0) is 15.4. The number of carbonyl (C=O) groups excluding carboxylic acids is 1. The molecule has 0 saturated carbocycles. The number of hydrogen-bond donors (Lipinski definition) is 0. The lowest BCUT2D eigenvalue weighted by atomic mass is 10.1. The van der Waals surface area contributed by atoms with Crippen LogP contribution in [0.1, 0.15) is 16.1 Å². The number of nitrogens with zero attached hydrogens (tertiary/aromatic N) is 3. The van der Waals surface area contributed by atoms with Crippen molar-refractivity contribution in [3.8, 4) is 5.75 Å². The Kier molecular flexibility index (Phi) is 4.52. The van der Waals surface area contributed by atoms with Crippen LogP contribution in [-0.2, 0) is 13.6 Å². The third-order valence-electron chi connectivity index (χ3n) is 3.00. The summed E-state index contributed by atoms with van der Waals surface area (Å²) in [7, 11) is 3.36. The molecule has 0 aliphatic rings. The van der Waals surface area contributed by atoms with Gasteiger partial charge in [0.15, 0.2) is 0 Å². The average Bonchev–Trinajstić information content (AvgIpc) is 2.83. The second-order valence-electron chi connectivity index (χ2n) is 4.48. The first-order chi connectivity index (χ1) is 9.99. The van der Waals surface area contributed by atoms with E-state index in [1.807, 2.05) is 0 Å². The number of ether oxygens (including phenoxy) is 1. The summed E-state index contributed by atoms with van der Waals surface area (Å²) in [6, 6.07) is 7.72. The van der Waals surface area contributed by atoms with Gasteiger partial charge in [0.25, 0.3) is 5.91 Å². The molecule has 0 saturated heterocycles. The van der Waals surface area contributed by atoms with Gasteiger partial charge in [-0.2, -0.15) is 13.9 Å². The highest BCUT2D eigenvalue weighted by molar-refractivity contribution is 5.96. The quantitative estimate of drug-likeness (QED) is 0.850. The Bertz CT molecular complexity index is 628. The molecule has 0 aliphatic heterocycles. The fourth-order valence-electron chi connectivity index (χ4n) is 1.92. The summed E-state index contributed by atoms with van der Waals surface area (Å²) in [6.45, 7) is -2.65. The molecule has 0 bridgehead atoms. The van der Waals surface area contributed by atoms with Crippen molar-refractivity contribution < 1.29 is 18.3 Å². The number of benzene rings is 1. The van der Waals surface area contributed by atoms with Gasteiger partial charge in [-0.3, -0.25) is 9.48 Å². The van der Waals surface area contributed by atoms with Crippen LogP contribution in [0, 0.1) is 0 Å². The van der Waals surface area contributed by atoms with Crippen LogP contribution >= 0.6 is 0 Å². The molecule has 21 heavy (non-hydrogen) atoms. The molecule has 2 rings (SSSR count). The van der Waals surface area contributed by atoms with E-state index >= 15 is 0 Å². The monoisotopic (exact) mass is 295 g/mol. The van der Waals surface area contributed by atoms with Gasteiger partial charge in [-0.1, -0.05) is 12.1 Å². The van der Waals surface area contributed by atoms with Crippen molar-refractivity contribution in [3.05, 3.63) is 47.8 Å². The lowest BCUT2D eigenvalue weighted by molar-refractivity contribution is -0.0502. The standard InChI is InChI=1S/C14H15F2N3O2/c1-18(9-10-7-8-17-19(10)2)13(20)11-5-3-4-6-12(11)21-14(15)16/h3-8,14H,9H2,1-2H3. The summed E-state index contributed by atoms with van der Waals surface area (Å²) in [5.74, 6) is -0.526. The highest BCUT2D eigenvalue weighted by atomic mass is 19.3. The molecule has 1 amide bonds. The Morgan fingerprint density at radius 2 is 2.10 bits per heavy atom. The molecule has 0 fully saturated rings. The van der Waals surface area contributed by atoms with Crippen molar-refractivity contribution in [3.63, 3.8) is 0 Å². The largest absolute Gasteiger partial charge is 0.434 e. The van der Waals surface area contributed by atoms with Gasteiger partial charge in [0.05, 0.1) is 17.8 Å². The highest BCUT2D eigenvalue weighted by Crippen LogP contribution is 2.22. The molecule has 7 heteroatoms. The van der Waals surface area contributed by atoms with Crippen molar-refractivity contribution in [2.45, 2.75) is 13.2 Å². The van der Waals surface area contributed by atoms with Gasteiger partial charge in [0.2, 0.25) is 0 Å². The summed E-state index contributed by atoms with van der Waals surface area (Å²) in [5, 5.41) is 4.01. The smallest absolute Gasteiger partial charge is 0.387 e. The Morgan fingerprint density at radius 3 is 2.71 bits per heavy atom. The fraction of sp³-hybridized carbons (Fsp3) is 0.286. The van der Waals surface area contributed by atoms with Crippen molar-refractivity contribution in [2.24, 2.45) is 7.05 Å². The highest BCUT2D eigenvalue weighted by Gasteiger charge is 2.19. The first-order valence-corrected chi connectivity index (χ1v) is 6.25. The molecule has 2 aromatic rings. The van der Waals surface area contributed by atoms with Gasteiger partial charge >= 0.3 is 6.61 Å². The predicted octanol–water partition coefficient (Wildman–Crippen LogP) is 2.29. The third kappa shape index (κ3) is 3.56. The Balaban J connectivity index is 2.17. The number of aromatic nitrogens is 2. The molecule has 1 aromatic heterocycles. The fourth-order valence-corrected chi connectivity index (χ4v) is 1.92. The van der Waals surface area contributed by atoms with Crippen LogP contribution in [0.4, 0.5) is 8.78 Å². The first-order valence-electron chi connectivity index (χ1n) is 6.25. The number of hydrogen-bond acceptors (Lipinski definition) is 3. The number of amides is 1. The number of alkyl halides is 2. The van der Waals surface area contributed by atoms with Crippen LogP contribution in [0.5, 0.6) is 5.75 Å². The molecule has 0 N–H and O–H groups in total. The third-order valence-corrected chi connectivity index (χ3v) is 3.00. The van der Waals surface area contributed by atoms with Crippen LogP contribution in [0.25, 0.3) is 0 Å². The van der Waals surface area contributed by atoms with Crippen molar-refractivity contribution in [1.82, 2.24) is 14.7 Å². The molecule has 0 unspecified atom stereocenters. The number of carbonyl (C=O) groups is 1. The van der Waals surface area contributed by atoms with E-state index in [-0.39, 0.29) is 11.3 Å². The van der Waals surface area contributed by atoms with E-state index in [1.54, 1.807) is 37.1 Å². The van der Waals surface area contributed by atoms with Gasteiger partial charge in [0, 0.05) is 20.3 Å². The zero-order valence-electron chi connectivity index (χ0n) is 11.7. The van der Waals surface area contributed by atoms with Crippen LogP contribution in [0.2, 0.25) is 0 Å². The summed E-state index contributed by atoms with van der Waals surface area (Å²) in [6.07, 6.45) is 1.63. The SMILES string of the molecule is CN(Cc1ccnn1C)C(=O)c1ccccc1OC(F)F. The van der Waals surface area contributed by atoms with Crippen molar-refractivity contribution in [1.29, 1.82) is 0 Å². The van der Waals surface area contributed by atoms with Gasteiger partial charge < -0.3 is 9.64 Å². The summed E-state index contributed by atoms with van der Waals surface area (Å²) in [5.41, 5.74) is 0.931. The van der Waals surface area contributed by atoms with Crippen LogP contribution < -0.4 is 4.74 Å². The van der Waals surface area contributed by atoms with Gasteiger partial charge in [0.1, 0.15) is 5.75 Å². The molecular formula is C14H15F2N3O2. The lowest BCUT2D eigenvalue weighted by Crippen LogP contribution is -2.27. The van der Waals surface area contributed by atoms with Crippen LogP contribution in [0.3, 0.4) is 0 Å². The molecule has 0 aliphatic carbocycles. The topological polar surface area (TPSA) is 47.4 Å². The van der Waals surface area contributed by atoms with E-state index < -0.39 is 12.5 Å². The maximum Gasteiger partial charge on any atom is 0.387 e. The van der Waals surface area contributed by atoms with Gasteiger partial charge in [-0.05, 0) is 18.2 Å². The minimum atomic E-state index is -2.97. The van der Waals surface area contributed by atoms with E-state index in [2.05, 4.69) is 9.84 Å². The number of para-hydroxylation sites is 1. The maximum absolute atomic E-state index is 12.4. The Morgan fingerprint density at radius 1 is 1.38 bits per heavy atom. The number of aryl methyl sites for hydroxylation is 1. The first kappa shape index (κ1) is 15.0. The Labute approximate surface area is 120 Å². The minimum Gasteiger partial charge on any atom is -0.434 e. The zero-order valence-corrected chi connectivity index (χ0v) is 11.7. The van der Waals surface area contributed by atoms with E-state index in [1.165, 1.54) is 23.1 Å². The second kappa shape index (κ2) is 6.34. The molecule has 0 spiro atoms. The van der Waals surface area contributed by atoms with Crippen molar-refractivity contribution >= 4 is 5.91 Å². The van der Waals surface area contributed by atoms with Gasteiger partial charge in [-0.15, -0.1) is 0 Å². The number of rotatable bonds is 5. The van der Waals surface area contributed by atoms with E-state index in [4.69, 9.17) is 0 Å². The van der Waals surface area contributed by atoms with E-state index in [0.717, 1.165) is 5.69 Å². The normalized spacial score (nSPS) is 10.7. The van der Waals surface area contributed by atoms with Crippen LogP contribution in [0.15, 0.2) is 36.5 Å². The molecule has 112 valence electrons. The lowest BCUT2D eigenvalue weighted by Gasteiger charge is -2.19. The second-order valence-corrected chi connectivity index (χ2v) is 4.48. The van der Waals surface area contributed by atoms with Crippen LogP contribution in [-0.4, -0.2) is 34.2 Å². The molecule has 0 radical (unpaired) electrons. The number of halogens is 2. The van der Waals surface area contributed by atoms with E-state index in [0.29, 0.717) is 6.54 Å². The van der Waals surface area contributed by atoms with Crippen molar-refractivity contribution in [2.75, 3.05) is 7.05 Å².